The summed E-state index contributed by atoms with van der Waals surface area (Å²) in [6.07, 6.45) is 5.73. The van der Waals surface area contributed by atoms with E-state index < -0.39 is 0 Å². The van der Waals surface area contributed by atoms with Crippen LogP contribution in [0.15, 0.2) is 80.9 Å². The fourth-order valence-corrected chi connectivity index (χ4v) is 5.85. The summed E-state index contributed by atoms with van der Waals surface area (Å²) >= 11 is 6.87. The van der Waals surface area contributed by atoms with Crippen LogP contribution in [0.3, 0.4) is 0 Å². The molecule has 7 nitrogen and oxygen atoms in total. The summed E-state index contributed by atoms with van der Waals surface area (Å²) in [7, 11) is -0.324. The van der Waals surface area contributed by atoms with Crippen LogP contribution in [0.2, 0.25) is 0 Å². The highest BCUT2D eigenvalue weighted by molar-refractivity contribution is 9.10. The van der Waals surface area contributed by atoms with E-state index >= 15 is 0 Å². The van der Waals surface area contributed by atoms with E-state index in [2.05, 4.69) is 145 Å². The molecule has 0 amide bonds. The maximum atomic E-state index is 6.12. The average Bonchev–Trinajstić information content (AvgIpc) is 3.73. The molecule has 0 spiro atoms. The van der Waals surface area contributed by atoms with Gasteiger partial charge in [-0.05, 0) is 102 Å². The smallest absolute Gasteiger partial charge is 0.399 e. The van der Waals surface area contributed by atoms with E-state index in [0.717, 1.165) is 31.9 Å². The lowest BCUT2D eigenvalue weighted by molar-refractivity contribution is 0.00578. The van der Waals surface area contributed by atoms with E-state index in [1.807, 2.05) is 40.1 Å². The van der Waals surface area contributed by atoms with Gasteiger partial charge in [0.2, 0.25) is 0 Å². The number of nitrogens with zero attached hydrogens (tertiary/aromatic N) is 5. The number of aliphatic imine (C=N–C) groups is 1. The lowest BCUT2D eigenvalue weighted by atomic mass is 9.79. The van der Waals surface area contributed by atoms with Crippen LogP contribution < -0.4 is 5.46 Å². The summed E-state index contributed by atoms with van der Waals surface area (Å²) in [4.78, 5) is 4.15. The van der Waals surface area contributed by atoms with Crippen molar-refractivity contribution in [1.82, 2.24) is 19.6 Å². The number of aromatic nitrogens is 4. The van der Waals surface area contributed by atoms with Crippen molar-refractivity contribution in [3.05, 3.63) is 87.1 Å². The zero-order valence-electron chi connectivity index (χ0n) is 26.7. The summed E-state index contributed by atoms with van der Waals surface area (Å²) < 4.78 is 18.5. The first-order chi connectivity index (χ1) is 20.8. The predicted octanol–water partition coefficient (Wildman–Crippen LogP) is 8.68. The lowest BCUT2D eigenvalue weighted by Gasteiger charge is -2.32. The van der Waals surface area contributed by atoms with E-state index in [1.54, 1.807) is 0 Å². The summed E-state index contributed by atoms with van der Waals surface area (Å²) in [5.74, 6) is 0. The van der Waals surface area contributed by atoms with Gasteiger partial charge in [-0.15, -0.1) is 0 Å². The predicted molar refractivity (Wildman–Crippen MR) is 189 cm³/mol. The first kappa shape index (κ1) is 32.6. The van der Waals surface area contributed by atoms with Gasteiger partial charge in [-0.25, -0.2) is 0 Å². The van der Waals surface area contributed by atoms with Crippen molar-refractivity contribution in [2.45, 2.75) is 85.2 Å². The minimum absolute atomic E-state index is 0.315. The second-order valence-corrected chi connectivity index (χ2v) is 14.6. The molecule has 7 rings (SSSR count). The van der Waals surface area contributed by atoms with Gasteiger partial charge in [-0.1, -0.05) is 56.1 Å². The third-order valence-corrected chi connectivity index (χ3v) is 9.27. The van der Waals surface area contributed by atoms with Crippen molar-refractivity contribution in [1.29, 1.82) is 0 Å². The first-order valence-electron chi connectivity index (χ1n) is 15.0. The van der Waals surface area contributed by atoms with Crippen LogP contribution in [-0.2, 0) is 15.9 Å². The number of halogens is 2. The molecule has 4 heterocycles. The maximum Gasteiger partial charge on any atom is 0.494 e. The number of benzene rings is 3. The Morgan fingerprint density at radius 1 is 0.727 bits per heavy atom. The molecule has 44 heavy (non-hydrogen) atoms. The zero-order chi connectivity index (χ0) is 31.8. The van der Waals surface area contributed by atoms with Gasteiger partial charge in [-0.3, -0.25) is 14.4 Å². The molecular formula is C34H40BBr2N5O2. The van der Waals surface area contributed by atoms with Gasteiger partial charge in [0.1, 0.15) is 0 Å². The van der Waals surface area contributed by atoms with Gasteiger partial charge in [0, 0.05) is 38.0 Å². The fraction of sp³-hybridized carbons (Fsp3) is 0.382. The molecule has 10 heteroatoms. The minimum Gasteiger partial charge on any atom is -0.399 e. The van der Waals surface area contributed by atoms with Crippen molar-refractivity contribution >= 4 is 72.5 Å². The maximum absolute atomic E-state index is 6.12. The second kappa shape index (κ2) is 12.9. The van der Waals surface area contributed by atoms with Crippen LogP contribution in [0.5, 0.6) is 0 Å². The summed E-state index contributed by atoms with van der Waals surface area (Å²) in [5, 5.41) is 11.1. The lowest BCUT2D eigenvalue weighted by Crippen LogP contribution is -2.41. The fourth-order valence-electron chi connectivity index (χ4n) is 5.09. The van der Waals surface area contributed by atoms with Gasteiger partial charge in [0.05, 0.1) is 41.2 Å². The molecule has 0 N–H and O–H groups in total. The Hall–Kier alpha value is -2.79. The van der Waals surface area contributed by atoms with Crippen molar-refractivity contribution in [3.8, 4) is 0 Å². The van der Waals surface area contributed by atoms with Gasteiger partial charge in [-0.2, -0.15) is 10.2 Å². The number of hydrogen-bond acceptors (Lipinski definition) is 5. The SMILES string of the molecule is Brc1ccc2c(c1)CN=C2.CC(C)n1ncc2ccc(B3OC(C)(C)C(C)(C)O3)cc21.CC(C)n1ncc2ccc(Br)cc21. The Morgan fingerprint density at radius 2 is 1.25 bits per heavy atom. The monoisotopic (exact) mass is 719 g/mol. The molecule has 1 fully saturated rings. The van der Waals surface area contributed by atoms with E-state index in [-0.39, 0.29) is 18.3 Å². The summed E-state index contributed by atoms with van der Waals surface area (Å²) in [6, 6.07) is 19.5. The second-order valence-electron chi connectivity index (χ2n) is 12.8. The van der Waals surface area contributed by atoms with Crippen LogP contribution in [-0.4, -0.2) is 44.1 Å². The van der Waals surface area contributed by atoms with Crippen LogP contribution >= 0.6 is 31.9 Å². The first-order valence-corrected chi connectivity index (χ1v) is 16.6. The molecule has 0 bridgehead atoms. The van der Waals surface area contributed by atoms with E-state index in [4.69, 9.17) is 9.31 Å². The standard InChI is InChI=1S/C16H23BN2O2.C10H11BrN2.C8H6BrN/c1-11(2)19-14-9-13(8-7-12(14)10-18-19)17-20-15(3,4)16(5,6)21-17;1-7(2)13-10-5-9(11)4-3-8(10)6-12-13;9-8-2-1-6-4-10-5-7(6)3-8/h7-11H,1-6H3;3-7H,1-2H3;1-4H,5H2. The van der Waals surface area contributed by atoms with Gasteiger partial charge in [0.25, 0.3) is 0 Å². The molecule has 3 aromatic carbocycles. The molecule has 0 unspecified atom stereocenters. The molecular weight excluding hydrogens is 681 g/mol. The van der Waals surface area contributed by atoms with Crippen molar-refractivity contribution in [2.75, 3.05) is 0 Å². The molecule has 230 valence electrons. The normalized spacial score (nSPS) is 16.3. The molecule has 2 aliphatic heterocycles. The molecule has 1 saturated heterocycles. The number of fused-ring (bicyclic) bond motifs is 3. The van der Waals surface area contributed by atoms with Crippen LogP contribution in [0.4, 0.5) is 0 Å². The van der Waals surface area contributed by atoms with E-state index in [0.29, 0.717) is 12.1 Å². The Morgan fingerprint density at radius 3 is 1.84 bits per heavy atom. The van der Waals surface area contributed by atoms with Crippen molar-refractivity contribution in [3.63, 3.8) is 0 Å². The number of rotatable bonds is 3. The van der Waals surface area contributed by atoms with Crippen LogP contribution in [0, 0.1) is 0 Å². The van der Waals surface area contributed by atoms with Gasteiger partial charge >= 0.3 is 7.12 Å². The minimum atomic E-state index is -0.324. The molecule has 0 aliphatic carbocycles. The Labute approximate surface area is 277 Å². The van der Waals surface area contributed by atoms with E-state index in [1.165, 1.54) is 22.0 Å². The Balaban J connectivity index is 0.000000142. The third kappa shape index (κ3) is 6.88. The highest BCUT2D eigenvalue weighted by Gasteiger charge is 2.51. The Bertz CT molecular complexity index is 1790. The van der Waals surface area contributed by atoms with Gasteiger partial charge in [0.15, 0.2) is 0 Å². The Kier molecular flexibility index (Phi) is 9.57. The highest BCUT2D eigenvalue weighted by Crippen LogP contribution is 2.36. The highest BCUT2D eigenvalue weighted by atomic mass is 79.9. The molecule has 2 aliphatic rings. The van der Waals surface area contributed by atoms with Crippen molar-refractivity contribution in [2.24, 2.45) is 4.99 Å². The quantitative estimate of drug-likeness (QED) is 0.175. The zero-order valence-corrected chi connectivity index (χ0v) is 29.8. The summed E-state index contributed by atoms with van der Waals surface area (Å²) in [5.41, 5.74) is 5.29. The van der Waals surface area contributed by atoms with E-state index in [9.17, 15) is 0 Å². The van der Waals surface area contributed by atoms with Crippen molar-refractivity contribution < 1.29 is 9.31 Å². The molecule has 0 atom stereocenters. The molecule has 2 aromatic heterocycles. The topological polar surface area (TPSA) is 66.5 Å². The number of hydrogen-bond donors (Lipinski definition) is 0. The third-order valence-electron chi connectivity index (χ3n) is 8.28. The summed E-state index contributed by atoms with van der Waals surface area (Å²) in [6.45, 7) is 17.7. The molecule has 0 radical (unpaired) electrons. The van der Waals surface area contributed by atoms with Crippen LogP contribution in [0.25, 0.3) is 21.8 Å². The molecule has 0 saturated carbocycles. The van der Waals surface area contributed by atoms with Gasteiger partial charge < -0.3 is 9.31 Å². The average molecular weight is 721 g/mol. The molecule has 5 aromatic rings. The van der Waals surface area contributed by atoms with Crippen LogP contribution in [0.1, 0.15) is 78.6 Å². The largest absolute Gasteiger partial charge is 0.494 e.